The van der Waals surface area contributed by atoms with E-state index in [-0.39, 0.29) is 109 Å². The van der Waals surface area contributed by atoms with Crippen molar-refractivity contribution >= 4 is 47.8 Å². The molecule has 2 unspecified atom stereocenters. The summed E-state index contributed by atoms with van der Waals surface area (Å²) >= 11 is 0. The Morgan fingerprint density at radius 3 is 1.05 bits per heavy atom. The van der Waals surface area contributed by atoms with Crippen molar-refractivity contribution < 1.29 is 76.3 Å². The smallest absolute Gasteiger partial charge is 0.344 e. The van der Waals surface area contributed by atoms with E-state index < -0.39 is 22.8 Å². The molecule has 2 atom stereocenters. The van der Waals surface area contributed by atoms with Crippen molar-refractivity contribution in [3.8, 4) is 0 Å². The molecule has 16 heteroatoms. The van der Waals surface area contributed by atoms with Gasteiger partial charge in [-0.25, -0.2) is 9.59 Å². The number of carbonyl (C=O) groups excluding carboxylic acids is 8. The van der Waals surface area contributed by atoms with Gasteiger partial charge >= 0.3 is 47.8 Å². The Labute approximate surface area is 517 Å². The third-order valence-corrected chi connectivity index (χ3v) is 21.9. The molecule has 10 rings (SSSR count). The Bertz CT molecular complexity index is 2180. The largest absolute Gasteiger partial charge is 0.465 e. The highest BCUT2D eigenvalue weighted by molar-refractivity contribution is 5.80. The Morgan fingerprint density at radius 1 is 0.407 bits per heavy atom. The number of esters is 8. The summed E-state index contributed by atoms with van der Waals surface area (Å²) in [5.41, 5.74) is -2.27. The van der Waals surface area contributed by atoms with E-state index in [4.69, 9.17) is 37.9 Å². The van der Waals surface area contributed by atoms with E-state index in [1.165, 1.54) is 77.0 Å². The standard InChI is InChI=1S/C21H34O4.C20H32O4.C15H26O4.C14H24O4/c1-5-20(3,4)19(23)24-8-7-18(22)25-21(6-2)16-10-14-9-15(12-16)13-17(21)11-14;1-4-13(3)19(22)23-7-6-18(21)24-20(5-2)16-9-14-8-15(11-16)12-17(20)10-14;1-5-14(2,3)13(17)18-11-12(16)19-15(4)9-7-6-8-10-15;1-4-11(2)13(16)17-10-12(15)18-14(3)8-6-5-7-9-14/h14-17H,5-13H2,1-4H3;13-17H,4-12H2,1-3H3;5-11H2,1-4H3;11H,4-10H2,1-3H3. The summed E-state index contributed by atoms with van der Waals surface area (Å²) in [6.45, 7) is 26.7. The van der Waals surface area contributed by atoms with E-state index in [1.807, 2.05) is 76.2 Å². The molecule has 16 nitrogen and oxygen atoms in total. The maximum Gasteiger partial charge on any atom is 0.344 e. The first kappa shape index (κ1) is 72.5. The van der Waals surface area contributed by atoms with Gasteiger partial charge in [-0.05, 0) is 243 Å². The van der Waals surface area contributed by atoms with Crippen LogP contribution in [0.15, 0.2) is 0 Å². The quantitative estimate of drug-likeness (QED) is 0.0650. The van der Waals surface area contributed by atoms with Crippen LogP contribution < -0.4 is 0 Å². The number of hydrogen-bond acceptors (Lipinski definition) is 16. The second-order valence-electron chi connectivity index (χ2n) is 29.2. The van der Waals surface area contributed by atoms with Crippen LogP contribution in [0.25, 0.3) is 0 Å². The zero-order valence-electron chi connectivity index (χ0n) is 55.9. The molecule has 0 aromatic carbocycles. The highest BCUT2D eigenvalue weighted by atomic mass is 16.6. The molecule has 0 aromatic heterocycles. The summed E-state index contributed by atoms with van der Waals surface area (Å²) in [6.07, 6.45) is 28.1. The van der Waals surface area contributed by atoms with Gasteiger partial charge in [-0.2, -0.15) is 0 Å². The van der Waals surface area contributed by atoms with Crippen molar-refractivity contribution in [2.24, 2.45) is 70.0 Å². The molecule has 0 radical (unpaired) electrons. The lowest BCUT2D eigenvalue weighted by Gasteiger charge is -2.60. The van der Waals surface area contributed by atoms with Gasteiger partial charge in [0.05, 0.1) is 35.5 Å². The molecular weight excluding hydrogens is 1100 g/mol. The van der Waals surface area contributed by atoms with Crippen LogP contribution in [0.1, 0.15) is 277 Å². The first-order valence-corrected chi connectivity index (χ1v) is 34.1. The van der Waals surface area contributed by atoms with E-state index in [0.717, 1.165) is 101 Å². The predicted octanol–water partition coefficient (Wildman–Crippen LogP) is 14.7. The van der Waals surface area contributed by atoms with Crippen LogP contribution >= 0.6 is 0 Å². The highest BCUT2D eigenvalue weighted by Gasteiger charge is 2.60. The lowest BCUT2D eigenvalue weighted by molar-refractivity contribution is -0.212. The maximum absolute atomic E-state index is 12.5. The fourth-order valence-corrected chi connectivity index (χ4v) is 15.5. The molecule has 0 N–H and O–H groups in total. The molecule has 0 spiro atoms. The van der Waals surface area contributed by atoms with E-state index in [0.29, 0.717) is 36.5 Å². The van der Waals surface area contributed by atoms with Gasteiger partial charge in [0.1, 0.15) is 35.6 Å². The van der Waals surface area contributed by atoms with Gasteiger partial charge in [0.2, 0.25) is 0 Å². The van der Waals surface area contributed by atoms with Crippen molar-refractivity contribution in [2.75, 3.05) is 26.4 Å². The van der Waals surface area contributed by atoms with Gasteiger partial charge in [-0.1, -0.05) is 68.2 Å². The lowest BCUT2D eigenvalue weighted by atomic mass is 9.49. The molecule has 0 aromatic rings. The third kappa shape index (κ3) is 19.9. The molecule has 0 aliphatic heterocycles. The Morgan fingerprint density at radius 2 is 0.721 bits per heavy atom. The van der Waals surface area contributed by atoms with E-state index in [9.17, 15) is 38.4 Å². The van der Waals surface area contributed by atoms with Gasteiger partial charge in [-0.3, -0.25) is 28.8 Å². The number of ether oxygens (including phenoxy) is 8. The van der Waals surface area contributed by atoms with Crippen LogP contribution in [0.2, 0.25) is 0 Å². The third-order valence-electron chi connectivity index (χ3n) is 21.9. The summed E-state index contributed by atoms with van der Waals surface area (Å²) < 4.78 is 43.6. The normalized spacial score (nSPS) is 29.5. The van der Waals surface area contributed by atoms with Gasteiger partial charge < -0.3 is 37.9 Å². The zero-order chi connectivity index (χ0) is 63.7. The molecule has 10 saturated carbocycles. The first-order chi connectivity index (χ1) is 40.5. The minimum atomic E-state index is -0.547. The van der Waals surface area contributed by atoms with Gasteiger partial charge in [0, 0.05) is 0 Å². The minimum absolute atomic E-state index is 0.104. The van der Waals surface area contributed by atoms with Crippen LogP contribution in [-0.2, 0) is 76.3 Å². The molecule has 10 aliphatic carbocycles. The van der Waals surface area contributed by atoms with Gasteiger partial charge in [0.25, 0.3) is 0 Å². The van der Waals surface area contributed by atoms with E-state index in [1.54, 1.807) is 6.92 Å². The summed E-state index contributed by atoms with van der Waals surface area (Å²) in [6, 6.07) is 0. The minimum Gasteiger partial charge on any atom is -0.465 e. The molecule has 10 aliphatic rings. The number of hydrogen-bond donors (Lipinski definition) is 0. The van der Waals surface area contributed by atoms with Crippen LogP contribution in [-0.4, -0.2) is 96.6 Å². The Kier molecular flexibility index (Phi) is 27.4. The van der Waals surface area contributed by atoms with E-state index in [2.05, 4.69) is 13.8 Å². The summed E-state index contributed by atoms with van der Waals surface area (Å²) in [7, 11) is 0. The number of carbonyl (C=O) groups is 8. The summed E-state index contributed by atoms with van der Waals surface area (Å²) in [4.78, 5) is 95.1. The van der Waals surface area contributed by atoms with Crippen molar-refractivity contribution in [2.45, 2.75) is 299 Å². The van der Waals surface area contributed by atoms with Gasteiger partial charge in [-0.15, -0.1) is 0 Å². The van der Waals surface area contributed by atoms with Crippen LogP contribution in [0.3, 0.4) is 0 Å². The molecule has 10 fully saturated rings. The second-order valence-corrected chi connectivity index (χ2v) is 29.2. The van der Waals surface area contributed by atoms with Crippen molar-refractivity contribution in [3.05, 3.63) is 0 Å². The van der Waals surface area contributed by atoms with Crippen molar-refractivity contribution in [3.63, 3.8) is 0 Å². The van der Waals surface area contributed by atoms with Crippen molar-refractivity contribution in [1.82, 2.24) is 0 Å². The number of rotatable bonds is 24. The molecular formula is C70H116O16. The fourth-order valence-electron chi connectivity index (χ4n) is 15.5. The summed E-state index contributed by atoms with van der Waals surface area (Å²) in [5, 5.41) is 0. The predicted molar refractivity (Wildman–Crippen MR) is 328 cm³/mol. The van der Waals surface area contributed by atoms with Crippen LogP contribution in [0, 0.1) is 70.0 Å². The average molecular weight is 1210 g/mol. The van der Waals surface area contributed by atoms with Crippen LogP contribution in [0.5, 0.6) is 0 Å². The highest BCUT2D eigenvalue weighted by Crippen LogP contribution is 2.62. The molecule has 492 valence electrons. The Balaban J connectivity index is 0.000000212. The first-order valence-electron chi connectivity index (χ1n) is 34.1. The Hall–Kier alpha value is -4.24. The lowest BCUT2D eigenvalue weighted by Crippen LogP contribution is -2.59. The maximum atomic E-state index is 12.5. The molecule has 0 amide bonds. The molecule has 8 bridgehead atoms. The average Bonchev–Trinajstić information content (AvgIpc) is 0.829. The van der Waals surface area contributed by atoms with Crippen molar-refractivity contribution in [1.29, 1.82) is 0 Å². The molecule has 0 heterocycles. The van der Waals surface area contributed by atoms with E-state index >= 15 is 0 Å². The SMILES string of the molecule is CCC(C)(C)C(=O)OCC(=O)OC1(C)CCCCC1.CCC(C)(C)C(=O)OCCC(=O)OC1(CC)C2CC3CC(C2)CC1C3.CCC(C)C(=O)OCC(=O)OC1(C)CCCCC1.CCC(C)C(=O)OCCC(=O)OC1(CC)C2CC3CC(C2)CC1C3. The fraction of sp³-hybridized carbons (Fsp3) is 0.886. The second kappa shape index (κ2) is 32.5. The topological polar surface area (TPSA) is 210 Å². The van der Waals surface area contributed by atoms with Crippen LogP contribution in [0.4, 0.5) is 0 Å². The monoisotopic (exact) mass is 1210 g/mol. The molecule has 0 saturated heterocycles. The zero-order valence-corrected chi connectivity index (χ0v) is 55.9. The van der Waals surface area contributed by atoms with Gasteiger partial charge in [0.15, 0.2) is 13.2 Å². The summed E-state index contributed by atoms with van der Waals surface area (Å²) in [5.74, 6) is 2.96. The molecule has 86 heavy (non-hydrogen) atoms.